The van der Waals surface area contributed by atoms with Gasteiger partial charge in [0.1, 0.15) is 5.75 Å². The zero-order valence-corrected chi connectivity index (χ0v) is 13.3. The minimum atomic E-state index is 0.330. The van der Waals surface area contributed by atoms with Crippen LogP contribution in [0.2, 0.25) is 0 Å². The number of unbranched alkanes of at least 4 members (excludes halogenated alkanes) is 2. The van der Waals surface area contributed by atoms with Crippen LogP contribution in [0.25, 0.3) is 0 Å². The van der Waals surface area contributed by atoms with Gasteiger partial charge in [-0.1, -0.05) is 31.9 Å². The van der Waals surface area contributed by atoms with E-state index < -0.39 is 0 Å². The van der Waals surface area contributed by atoms with Gasteiger partial charge in [0.05, 0.1) is 6.61 Å². The summed E-state index contributed by atoms with van der Waals surface area (Å²) < 4.78 is 5.74. The Kier molecular flexibility index (Phi) is 6.52. The number of nitrogens with one attached hydrogen (secondary N) is 1. The van der Waals surface area contributed by atoms with Crippen LogP contribution in [0.4, 0.5) is 0 Å². The Morgan fingerprint density at radius 3 is 2.57 bits per heavy atom. The molecule has 1 aromatic carbocycles. The molecule has 3 heteroatoms. The molecule has 2 N–H and O–H groups in total. The molecule has 2 rings (SSSR count). The Morgan fingerprint density at radius 2 is 1.95 bits per heavy atom. The molecule has 118 valence electrons. The molecule has 1 saturated carbocycles. The van der Waals surface area contributed by atoms with Gasteiger partial charge in [-0.25, -0.2) is 0 Å². The smallest absolute Gasteiger partial charge is 0.119 e. The fourth-order valence-electron chi connectivity index (χ4n) is 2.87. The van der Waals surface area contributed by atoms with Gasteiger partial charge in [0.2, 0.25) is 0 Å². The summed E-state index contributed by atoms with van der Waals surface area (Å²) >= 11 is 0. The van der Waals surface area contributed by atoms with E-state index in [-0.39, 0.29) is 0 Å². The lowest BCUT2D eigenvalue weighted by Gasteiger charge is -2.36. The van der Waals surface area contributed by atoms with E-state index >= 15 is 0 Å². The molecule has 21 heavy (non-hydrogen) atoms. The van der Waals surface area contributed by atoms with Crippen LogP contribution in [0.1, 0.15) is 57.6 Å². The fourth-order valence-corrected chi connectivity index (χ4v) is 2.87. The van der Waals surface area contributed by atoms with Crippen LogP contribution in [0, 0.1) is 5.92 Å². The van der Waals surface area contributed by atoms with E-state index in [0.717, 1.165) is 31.6 Å². The van der Waals surface area contributed by atoms with Gasteiger partial charge in [-0.05, 0) is 49.8 Å². The van der Waals surface area contributed by atoms with Crippen molar-refractivity contribution in [2.24, 2.45) is 5.92 Å². The molecule has 1 fully saturated rings. The number of hydrogen-bond donors (Lipinski definition) is 2. The van der Waals surface area contributed by atoms with E-state index in [4.69, 9.17) is 9.84 Å². The second-order valence-corrected chi connectivity index (χ2v) is 6.23. The Bertz CT molecular complexity index is 398. The zero-order chi connectivity index (χ0) is 15.1. The van der Waals surface area contributed by atoms with Gasteiger partial charge in [0.25, 0.3) is 0 Å². The third kappa shape index (κ3) is 5.01. The molecule has 1 unspecified atom stereocenters. The summed E-state index contributed by atoms with van der Waals surface area (Å²) in [5.74, 6) is 1.47. The highest BCUT2D eigenvalue weighted by atomic mass is 16.5. The van der Waals surface area contributed by atoms with Gasteiger partial charge in [0.15, 0.2) is 0 Å². The van der Waals surface area contributed by atoms with Crippen molar-refractivity contribution in [3.8, 4) is 5.75 Å². The number of aliphatic hydroxyl groups excluding tert-OH is 1. The lowest BCUT2D eigenvalue weighted by Crippen LogP contribution is -2.43. The predicted molar refractivity (Wildman–Crippen MR) is 86.6 cm³/mol. The van der Waals surface area contributed by atoms with Crippen LogP contribution < -0.4 is 10.1 Å². The predicted octanol–water partition coefficient (Wildman–Crippen LogP) is 3.68. The molecule has 0 saturated heterocycles. The van der Waals surface area contributed by atoms with Gasteiger partial charge in [-0.3, -0.25) is 0 Å². The number of ether oxygens (including phenoxy) is 1. The summed E-state index contributed by atoms with van der Waals surface area (Å²) in [5, 5.41) is 12.7. The van der Waals surface area contributed by atoms with Crippen molar-refractivity contribution in [1.82, 2.24) is 5.32 Å². The monoisotopic (exact) mass is 291 g/mol. The van der Waals surface area contributed by atoms with Crippen molar-refractivity contribution >= 4 is 0 Å². The first-order chi connectivity index (χ1) is 10.2. The molecule has 0 spiro atoms. The maximum Gasteiger partial charge on any atom is 0.119 e. The molecule has 1 aromatic rings. The van der Waals surface area contributed by atoms with E-state index in [1.807, 2.05) is 0 Å². The molecule has 0 amide bonds. The Balaban J connectivity index is 1.73. The van der Waals surface area contributed by atoms with Crippen LogP contribution in [0.5, 0.6) is 5.75 Å². The average molecular weight is 291 g/mol. The molecule has 0 aliphatic heterocycles. The molecule has 1 aliphatic carbocycles. The lowest BCUT2D eigenvalue weighted by molar-refractivity contribution is 0.121. The van der Waals surface area contributed by atoms with Crippen molar-refractivity contribution < 1.29 is 9.84 Å². The van der Waals surface area contributed by atoms with Crippen LogP contribution in [0.15, 0.2) is 24.3 Å². The Morgan fingerprint density at radius 1 is 1.24 bits per heavy atom. The van der Waals surface area contributed by atoms with Gasteiger partial charge in [-0.2, -0.15) is 0 Å². The summed E-state index contributed by atoms with van der Waals surface area (Å²) in [6.07, 6.45) is 5.78. The van der Waals surface area contributed by atoms with E-state index in [2.05, 4.69) is 43.4 Å². The van der Waals surface area contributed by atoms with Gasteiger partial charge >= 0.3 is 0 Å². The first-order valence-electron chi connectivity index (χ1n) is 8.32. The van der Waals surface area contributed by atoms with Crippen LogP contribution >= 0.6 is 0 Å². The molecular weight excluding hydrogens is 262 g/mol. The number of hydrogen-bond acceptors (Lipinski definition) is 3. The van der Waals surface area contributed by atoms with Crippen LogP contribution in [0.3, 0.4) is 0 Å². The maximum atomic E-state index is 9.05. The first-order valence-corrected chi connectivity index (χ1v) is 8.32. The second kappa shape index (κ2) is 8.40. The molecule has 0 bridgehead atoms. The molecule has 3 nitrogen and oxygen atoms in total. The van der Waals surface area contributed by atoms with Crippen LogP contribution in [-0.4, -0.2) is 24.4 Å². The molecule has 1 atom stereocenters. The number of rotatable bonds is 9. The van der Waals surface area contributed by atoms with Gasteiger partial charge in [0, 0.05) is 18.7 Å². The highest BCUT2D eigenvalue weighted by Gasteiger charge is 2.29. The van der Waals surface area contributed by atoms with E-state index in [0.29, 0.717) is 24.6 Å². The molecule has 0 aromatic heterocycles. The summed E-state index contributed by atoms with van der Waals surface area (Å²) in [4.78, 5) is 0. The molecule has 0 heterocycles. The normalized spacial score (nSPS) is 22.6. The zero-order valence-electron chi connectivity index (χ0n) is 13.3. The van der Waals surface area contributed by atoms with Crippen molar-refractivity contribution in [3.05, 3.63) is 29.8 Å². The fraction of sp³-hybridized carbons (Fsp3) is 0.667. The van der Waals surface area contributed by atoms with Crippen molar-refractivity contribution in [3.63, 3.8) is 0 Å². The summed E-state index contributed by atoms with van der Waals surface area (Å²) in [6, 6.07) is 9.34. The SMILES string of the molecule is CCCCCOc1ccc(C(C)NC2CC(CO)C2)cc1. The Labute approximate surface area is 128 Å². The quantitative estimate of drug-likeness (QED) is 0.682. The summed E-state index contributed by atoms with van der Waals surface area (Å²) in [7, 11) is 0. The van der Waals surface area contributed by atoms with Gasteiger partial charge < -0.3 is 15.2 Å². The lowest BCUT2D eigenvalue weighted by atomic mass is 9.80. The standard InChI is InChI=1S/C18H29NO2/c1-3-4-5-10-21-18-8-6-16(7-9-18)14(2)19-17-11-15(12-17)13-20/h6-9,14-15,17,19-20H,3-5,10-13H2,1-2H3. The third-order valence-electron chi connectivity index (χ3n) is 4.38. The molecule has 1 aliphatic rings. The van der Waals surface area contributed by atoms with Crippen molar-refractivity contribution in [2.45, 2.75) is 58.0 Å². The summed E-state index contributed by atoms with van der Waals surface area (Å²) in [6.45, 7) is 5.54. The number of benzene rings is 1. The summed E-state index contributed by atoms with van der Waals surface area (Å²) in [5.41, 5.74) is 1.29. The average Bonchev–Trinajstić information content (AvgIpc) is 2.47. The molecular formula is C18H29NO2. The minimum Gasteiger partial charge on any atom is -0.494 e. The maximum absolute atomic E-state index is 9.05. The second-order valence-electron chi connectivity index (χ2n) is 6.23. The Hall–Kier alpha value is -1.06. The third-order valence-corrected chi connectivity index (χ3v) is 4.38. The van der Waals surface area contributed by atoms with E-state index in [9.17, 15) is 0 Å². The van der Waals surface area contributed by atoms with Gasteiger partial charge in [-0.15, -0.1) is 0 Å². The molecule has 0 radical (unpaired) electrons. The highest BCUT2D eigenvalue weighted by molar-refractivity contribution is 5.29. The van der Waals surface area contributed by atoms with Crippen molar-refractivity contribution in [1.29, 1.82) is 0 Å². The van der Waals surface area contributed by atoms with E-state index in [1.54, 1.807) is 0 Å². The first kappa shape index (κ1) is 16.3. The largest absolute Gasteiger partial charge is 0.494 e. The van der Waals surface area contributed by atoms with Crippen LogP contribution in [-0.2, 0) is 0 Å². The number of aliphatic hydroxyl groups is 1. The van der Waals surface area contributed by atoms with E-state index in [1.165, 1.54) is 18.4 Å². The minimum absolute atomic E-state index is 0.330. The highest BCUT2D eigenvalue weighted by Crippen LogP contribution is 2.29. The van der Waals surface area contributed by atoms with Crippen molar-refractivity contribution in [2.75, 3.05) is 13.2 Å². The topological polar surface area (TPSA) is 41.5 Å².